The second-order valence-corrected chi connectivity index (χ2v) is 2.60. The van der Waals surface area contributed by atoms with Gasteiger partial charge >= 0.3 is 0 Å². The number of fused-ring (bicyclic) bond motifs is 1. The Hall–Kier alpha value is -1.03. The van der Waals surface area contributed by atoms with E-state index in [1.54, 1.807) is 0 Å². The van der Waals surface area contributed by atoms with Crippen LogP contribution < -0.4 is 10.5 Å². The van der Waals surface area contributed by atoms with Gasteiger partial charge in [0.1, 0.15) is 5.82 Å². The number of ether oxygens (including phenoxy) is 1. The zero-order valence-corrected chi connectivity index (χ0v) is 6.43. The van der Waals surface area contributed by atoms with Gasteiger partial charge in [0.2, 0.25) is 11.2 Å². The summed E-state index contributed by atoms with van der Waals surface area (Å²) < 4.78 is 5.14. The maximum atomic E-state index is 5.56. The molecule has 5 heteroatoms. The summed E-state index contributed by atoms with van der Waals surface area (Å²) >= 11 is 5.55. The average molecular weight is 172 g/mol. The van der Waals surface area contributed by atoms with Crippen molar-refractivity contribution in [3.8, 4) is 5.88 Å². The van der Waals surface area contributed by atoms with E-state index in [0.717, 1.165) is 12.0 Å². The van der Waals surface area contributed by atoms with Gasteiger partial charge in [-0.05, 0) is 11.6 Å². The van der Waals surface area contributed by atoms with Gasteiger partial charge in [-0.25, -0.2) is 4.98 Å². The van der Waals surface area contributed by atoms with E-state index in [-0.39, 0.29) is 5.28 Å². The van der Waals surface area contributed by atoms with E-state index < -0.39 is 0 Å². The molecule has 1 aromatic rings. The van der Waals surface area contributed by atoms with Gasteiger partial charge in [-0.2, -0.15) is 4.98 Å². The highest BCUT2D eigenvalue weighted by molar-refractivity contribution is 6.28. The van der Waals surface area contributed by atoms with Crippen LogP contribution >= 0.6 is 11.6 Å². The Balaban J connectivity index is 2.60. The van der Waals surface area contributed by atoms with Crippen molar-refractivity contribution < 1.29 is 4.74 Å². The molecule has 0 atom stereocenters. The highest BCUT2D eigenvalue weighted by Gasteiger charge is 2.18. The summed E-state index contributed by atoms with van der Waals surface area (Å²) in [5.74, 6) is 0.958. The number of nitrogens with two attached hydrogens (primary N) is 1. The molecule has 4 nitrogen and oxygen atoms in total. The molecular weight excluding hydrogens is 166 g/mol. The third-order valence-corrected chi connectivity index (χ3v) is 1.73. The predicted octanol–water partition coefficient (Wildman–Crippen LogP) is 0.647. The Bertz CT molecular complexity index is 302. The molecule has 2 N–H and O–H groups in total. The zero-order valence-electron chi connectivity index (χ0n) is 5.67. The lowest BCUT2D eigenvalue weighted by molar-refractivity contribution is 0.344. The molecule has 11 heavy (non-hydrogen) atoms. The summed E-state index contributed by atoms with van der Waals surface area (Å²) in [6.07, 6.45) is 0.776. The van der Waals surface area contributed by atoms with Crippen LogP contribution in [0.3, 0.4) is 0 Å². The Labute approximate surface area is 68.4 Å². The minimum absolute atomic E-state index is 0.142. The minimum atomic E-state index is 0.142. The van der Waals surface area contributed by atoms with E-state index >= 15 is 0 Å². The SMILES string of the molecule is Nc1nc(Cl)nc2c1CCO2. The molecule has 0 fully saturated rings. The lowest BCUT2D eigenvalue weighted by Crippen LogP contribution is -1.97. The molecule has 0 saturated heterocycles. The Morgan fingerprint density at radius 3 is 3.09 bits per heavy atom. The molecule has 0 aliphatic carbocycles. The summed E-state index contributed by atoms with van der Waals surface area (Å²) in [7, 11) is 0. The van der Waals surface area contributed by atoms with Crippen molar-refractivity contribution in [2.75, 3.05) is 12.3 Å². The molecule has 0 bridgehead atoms. The van der Waals surface area contributed by atoms with Crippen LogP contribution in [0.15, 0.2) is 0 Å². The van der Waals surface area contributed by atoms with Crippen molar-refractivity contribution >= 4 is 17.4 Å². The summed E-state index contributed by atoms with van der Waals surface area (Å²) in [5.41, 5.74) is 6.43. The molecule has 1 aliphatic heterocycles. The smallest absolute Gasteiger partial charge is 0.227 e. The summed E-state index contributed by atoms with van der Waals surface area (Å²) in [5, 5.41) is 0.142. The van der Waals surface area contributed by atoms with Crippen molar-refractivity contribution in [1.29, 1.82) is 0 Å². The van der Waals surface area contributed by atoms with Crippen LogP contribution in [0.25, 0.3) is 0 Å². The third kappa shape index (κ3) is 0.991. The molecule has 2 heterocycles. The van der Waals surface area contributed by atoms with Gasteiger partial charge in [0.05, 0.1) is 12.2 Å². The first-order valence-electron chi connectivity index (χ1n) is 3.22. The van der Waals surface area contributed by atoms with Crippen LogP contribution in [0.5, 0.6) is 5.88 Å². The quantitative estimate of drug-likeness (QED) is 0.583. The second kappa shape index (κ2) is 2.23. The van der Waals surface area contributed by atoms with Gasteiger partial charge in [0.25, 0.3) is 0 Å². The fraction of sp³-hybridized carbons (Fsp3) is 0.333. The number of halogens is 1. The largest absolute Gasteiger partial charge is 0.477 e. The standard InChI is InChI=1S/C6H6ClN3O/c7-6-9-4(8)3-1-2-11-5(3)10-6/h1-2H2,(H2,8,9,10). The molecule has 0 aromatic carbocycles. The van der Waals surface area contributed by atoms with Crippen molar-refractivity contribution in [2.24, 2.45) is 0 Å². The molecule has 1 aromatic heterocycles. The second-order valence-electron chi connectivity index (χ2n) is 2.26. The Kier molecular flexibility index (Phi) is 1.35. The number of hydrogen-bond donors (Lipinski definition) is 1. The van der Waals surface area contributed by atoms with Crippen molar-refractivity contribution in [3.05, 3.63) is 10.8 Å². The highest BCUT2D eigenvalue weighted by atomic mass is 35.5. The van der Waals surface area contributed by atoms with Gasteiger partial charge < -0.3 is 10.5 Å². The summed E-state index contributed by atoms with van der Waals surface area (Å²) in [6, 6.07) is 0. The van der Waals surface area contributed by atoms with E-state index in [9.17, 15) is 0 Å². The lowest BCUT2D eigenvalue weighted by Gasteiger charge is -1.99. The van der Waals surface area contributed by atoms with Gasteiger partial charge in [-0.3, -0.25) is 0 Å². The Morgan fingerprint density at radius 2 is 2.27 bits per heavy atom. The molecule has 0 unspecified atom stereocenters. The van der Waals surface area contributed by atoms with Crippen molar-refractivity contribution in [3.63, 3.8) is 0 Å². The molecule has 0 saturated carbocycles. The highest BCUT2D eigenvalue weighted by Crippen LogP contribution is 2.27. The third-order valence-electron chi connectivity index (χ3n) is 1.56. The van der Waals surface area contributed by atoms with Crippen LogP contribution in [0.1, 0.15) is 5.56 Å². The maximum absolute atomic E-state index is 5.56. The minimum Gasteiger partial charge on any atom is -0.477 e. The molecule has 2 rings (SSSR count). The predicted molar refractivity (Wildman–Crippen MR) is 40.7 cm³/mol. The first kappa shape index (κ1) is 6.67. The first-order chi connectivity index (χ1) is 5.27. The van der Waals surface area contributed by atoms with Gasteiger partial charge in [-0.15, -0.1) is 0 Å². The fourth-order valence-electron chi connectivity index (χ4n) is 1.06. The van der Waals surface area contributed by atoms with E-state index in [0.29, 0.717) is 18.3 Å². The number of nitrogen functional groups attached to an aromatic ring is 1. The van der Waals surface area contributed by atoms with Crippen LogP contribution in [0.2, 0.25) is 5.28 Å². The van der Waals surface area contributed by atoms with E-state index in [4.69, 9.17) is 22.1 Å². The van der Waals surface area contributed by atoms with Gasteiger partial charge in [0, 0.05) is 6.42 Å². The zero-order chi connectivity index (χ0) is 7.84. The number of anilines is 1. The molecule has 0 amide bonds. The monoisotopic (exact) mass is 171 g/mol. The van der Waals surface area contributed by atoms with Crippen LogP contribution in [-0.4, -0.2) is 16.6 Å². The number of hydrogen-bond acceptors (Lipinski definition) is 4. The average Bonchev–Trinajstić information content (AvgIpc) is 2.34. The van der Waals surface area contributed by atoms with Crippen molar-refractivity contribution in [1.82, 2.24) is 9.97 Å². The first-order valence-corrected chi connectivity index (χ1v) is 3.60. The van der Waals surface area contributed by atoms with Crippen LogP contribution in [0, 0.1) is 0 Å². The molecule has 0 radical (unpaired) electrons. The molecule has 1 aliphatic rings. The van der Waals surface area contributed by atoms with E-state index in [2.05, 4.69) is 9.97 Å². The lowest BCUT2D eigenvalue weighted by atomic mass is 10.2. The van der Waals surface area contributed by atoms with E-state index in [1.807, 2.05) is 0 Å². The van der Waals surface area contributed by atoms with Crippen LogP contribution in [0.4, 0.5) is 5.82 Å². The number of aromatic nitrogens is 2. The van der Waals surface area contributed by atoms with E-state index in [1.165, 1.54) is 0 Å². The summed E-state index contributed by atoms with van der Waals surface area (Å²) in [4.78, 5) is 7.66. The Morgan fingerprint density at radius 1 is 1.45 bits per heavy atom. The topological polar surface area (TPSA) is 61.0 Å². The van der Waals surface area contributed by atoms with Gasteiger partial charge in [-0.1, -0.05) is 0 Å². The molecular formula is C6H6ClN3O. The number of rotatable bonds is 0. The normalized spacial score (nSPS) is 14.3. The van der Waals surface area contributed by atoms with Crippen molar-refractivity contribution in [2.45, 2.75) is 6.42 Å². The number of nitrogens with zero attached hydrogens (tertiary/aromatic N) is 2. The van der Waals surface area contributed by atoms with Gasteiger partial charge in [0.15, 0.2) is 0 Å². The molecule has 58 valence electrons. The maximum Gasteiger partial charge on any atom is 0.227 e. The van der Waals surface area contributed by atoms with Crippen LogP contribution in [-0.2, 0) is 6.42 Å². The summed E-state index contributed by atoms with van der Waals surface area (Å²) in [6.45, 7) is 0.620. The fourth-order valence-corrected chi connectivity index (χ4v) is 1.22. The molecule has 0 spiro atoms.